The lowest BCUT2D eigenvalue weighted by atomic mass is 10.0. The van der Waals surface area contributed by atoms with E-state index in [1.807, 2.05) is 13.8 Å². The van der Waals surface area contributed by atoms with E-state index in [0.29, 0.717) is 17.8 Å². The standard InChI is InChI=1S/C14H20F4N2/c1-4-19-10(3)12-8-11(15)6-7-13(12)20(5-2)9-14(16,17)18/h6-8,10,19H,4-5,9H2,1-3H3. The van der Waals surface area contributed by atoms with Gasteiger partial charge in [0.1, 0.15) is 12.4 Å². The van der Waals surface area contributed by atoms with E-state index in [0.717, 1.165) is 0 Å². The molecule has 6 heteroatoms. The van der Waals surface area contributed by atoms with Crippen LogP contribution in [-0.2, 0) is 0 Å². The van der Waals surface area contributed by atoms with Crippen molar-refractivity contribution in [1.82, 2.24) is 5.32 Å². The molecule has 0 aliphatic carbocycles. The molecule has 114 valence electrons. The third-order valence-electron chi connectivity index (χ3n) is 3.06. The average Bonchev–Trinajstić information content (AvgIpc) is 2.35. The van der Waals surface area contributed by atoms with Gasteiger partial charge < -0.3 is 10.2 Å². The maximum absolute atomic E-state index is 13.4. The Morgan fingerprint density at radius 1 is 1.25 bits per heavy atom. The molecule has 0 bridgehead atoms. The Balaban J connectivity index is 3.14. The first-order chi connectivity index (χ1) is 9.28. The molecule has 0 amide bonds. The number of hydrogen-bond donors (Lipinski definition) is 1. The number of anilines is 1. The highest BCUT2D eigenvalue weighted by atomic mass is 19.4. The van der Waals surface area contributed by atoms with Crippen molar-refractivity contribution < 1.29 is 17.6 Å². The lowest BCUT2D eigenvalue weighted by Gasteiger charge is -2.28. The van der Waals surface area contributed by atoms with E-state index in [2.05, 4.69) is 5.32 Å². The quantitative estimate of drug-likeness (QED) is 0.800. The van der Waals surface area contributed by atoms with Crippen LogP contribution in [0, 0.1) is 5.82 Å². The Labute approximate surface area is 116 Å². The minimum absolute atomic E-state index is 0.205. The zero-order valence-electron chi connectivity index (χ0n) is 11.9. The molecular weight excluding hydrogens is 272 g/mol. The van der Waals surface area contributed by atoms with Crippen LogP contribution < -0.4 is 10.2 Å². The van der Waals surface area contributed by atoms with Crippen LogP contribution in [0.3, 0.4) is 0 Å². The Kier molecular flexibility index (Phi) is 5.80. The van der Waals surface area contributed by atoms with Gasteiger partial charge in [-0.15, -0.1) is 0 Å². The normalized spacial score (nSPS) is 13.3. The van der Waals surface area contributed by atoms with E-state index in [1.165, 1.54) is 23.1 Å². The van der Waals surface area contributed by atoms with Crippen molar-refractivity contribution in [3.05, 3.63) is 29.6 Å². The fourth-order valence-corrected chi connectivity index (χ4v) is 2.16. The minimum Gasteiger partial charge on any atom is -0.363 e. The molecule has 1 rings (SSSR count). The van der Waals surface area contributed by atoms with E-state index in [9.17, 15) is 17.6 Å². The average molecular weight is 292 g/mol. The zero-order chi connectivity index (χ0) is 15.3. The van der Waals surface area contributed by atoms with Crippen LogP contribution in [0.15, 0.2) is 18.2 Å². The highest BCUT2D eigenvalue weighted by molar-refractivity contribution is 5.55. The second kappa shape index (κ2) is 6.92. The van der Waals surface area contributed by atoms with Gasteiger partial charge in [0.15, 0.2) is 0 Å². The third kappa shape index (κ3) is 4.67. The molecule has 2 nitrogen and oxygen atoms in total. The Morgan fingerprint density at radius 3 is 2.40 bits per heavy atom. The van der Waals surface area contributed by atoms with Gasteiger partial charge in [0.05, 0.1) is 0 Å². The van der Waals surface area contributed by atoms with Crippen LogP contribution in [-0.4, -0.2) is 25.8 Å². The number of nitrogens with one attached hydrogen (secondary N) is 1. The Hall–Kier alpha value is -1.30. The van der Waals surface area contributed by atoms with Gasteiger partial charge in [-0.1, -0.05) is 6.92 Å². The Bertz CT molecular complexity index is 432. The first kappa shape index (κ1) is 16.8. The Morgan fingerprint density at radius 2 is 1.90 bits per heavy atom. The van der Waals surface area contributed by atoms with Crippen LogP contribution in [0.2, 0.25) is 0 Å². The van der Waals surface area contributed by atoms with Gasteiger partial charge >= 0.3 is 6.18 Å². The summed E-state index contributed by atoms with van der Waals surface area (Å²) in [6.45, 7) is 5.17. The topological polar surface area (TPSA) is 15.3 Å². The number of alkyl halides is 3. The molecule has 0 aliphatic heterocycles. The van der Waals surface area contributed by atoms with E-state index >= 15 is 0 Å². The number of rotatable bonds is 6. The van der Waals surface area contributed by atoms with E-state index < -0.39 is 18.5 Å². The van der Waals surface area contributed by atoms with Crippen LogP contribution >= 0.6 is 0 Å². The van der Waals surface area contributed by atoms with Crippen molar-refractivity contribution in [3.8, 4) is 0 Å². The second-order valence-electron chi connectivity index (χ2n) is 4.61. The summed E-state index contributed by atoms with van der Waals surface area (Å²) in [5.74, 6) is -0.448. The minimum atomic E-state index is -4.29. The zero-order valence-corrected chi connectivity index (χ0v) is 11.9. The third-order valence-corrected chi connectivity index (χ3v) is 3.06. The highest BCUT2D eigenvalue weighted by Gasteiger charge is 2.31. The molecule has 0 fully saturated rings. The fraction of sp³-hybridized carbons (Fsp3) is 0.571. The number of nitrogens with zero attached hydrogens (tertiary/aromatic N) is 1. The van der Waals surface area contributed by atoms with Crippen molar-refractivity contribution in [1.29, 1.82) is 0 Å². The fourth-order valence-electron chi connectivity index (χ4n) is 2.16. The summed E-state index contributed by atoms with van der Waals surface area (Å²) in [6, 6.07) is 3.68. The molecule has 1 atom stereocenters. The summed E-state index contributed by atoms with van der Waals surface area (Å²) in [5, 5.41) is 3.10. The van der Waals surface area contributed by atoms with Gasteiger partial charge in [-0.25, -0.2) is 4.39 Å². The number of hydrogen-bond acceptors (Lipinski definition) is 2. The van der Waals surface area contributed by atoms with Gasteiger partial charge in [-0.3, -0.25) is 0 Å². The summed E-state index contributed by atoms with van der Waals surface area (Å²) < 4.78 is 51.2. The van der Waals surface area contributed by atoms with E-state index in [-0.39, 0.29) is 12.6 Å². The molecule has 0 spiro atoms. The molecule has 1 unspecified atom stereocenters. The van der Waals surface area contributed by atoms with Gasteiger partial charge in [0.25, 0.3) is 0 Å². The molecule has 0 aliphatic rings. The smallest absolute Gasteiger partial charge is 0.363 e. The van der Waals surface area contributed by atoms with E-state index in [4.69, 9.17) is 0 Å². The molecule has 1 aromatic carbocycles. The molecule has 0 saturated heterocycles. The van der Waals surface area contributed by atoms with Crippen molar-refractivity contribution in [2.45, 2.75) is 33.0 Å². The van der Waals surface area contributed by atoms with Crippen LogP contribution in [0.1, 0.15) is 32.4 Å². The van der Waals surface area contributed by atoms with Crippen molar-refractivity contribution >= 4 is 5.69 Å². The summed E-state index contributed by atoms with van der Waals surface area (Å²) >= 11 is 0. The predicted octanol–water partition coefficient (Wildman–Crippen LogP) is 3.88. The van der Waals surface area contributed by atoms with E-state index in [1.54, 1.807) is 6.92 Å². The summed E-state index contributed by atoms with van der Waals surface area (Å²) in [7, 11) is 0. The molecule has 20 heavy (non-hydrogen) atoms. The van der Waals surface area contributed by atoms with Gasteiger partial charge in [-0.05, 0) is 44.2 Å². The molecule has 0 radical (unpaired) electrons. The lowest BCUT2D eigenvalue weighted by Crippen LogP contribution is -2.35. The number of benzene rings is 1. The SMILES string of the molecule is CCNC(C)c1cc(F)ccc1N(CC)CC(F)(F)F. The maximum atomic E-state index is 13.4. The predicted molar refractivity (Wildman–Crippen MR) is 72.4 cm³/mol. The molecular formula is C14H20F4N2. The van der Waals surface area contributed by atoms with Crippen molar-refractivity contribution in [2.75, 3.05) is 24.5 Å². The largest absolute Gasteiger partial charge is 0.405 e. The molecule has 1 N–H and O–H groups in total. The van der Waals surface area contributed by atoms with Gasteiger partial charge in [0, 0.05) is 18.3 Å². The van der Waals surface area contributed by atoms with Crippen LogP contribution in [0.5, 0.6) is 0 Å². The number of halogens is 4. The van der Waals surface area contributed by atoms with Gasteiger partial charge in [-0.2, -0.15) is 13.2 Å². The van der Waals surface area contributed by atoms with Crippen molar-refractivity contribution in [3.63, 3.8) is 0 Å². The van der Waals surface area contributed by atoms with Crippen LogP contribution in [0.4, 0.5) is 23.2 Å². The highest BCUT2D eigenvalue weighted by Crippen LogP contribution is 2.29. The summed E-state index contributed by atoms with van der Waals surface area (Å²) in [4.78, 5) is 1.21. The van der Waals surface area contributed by atoms with Crippen LogP contribution in [0.25, 0.3) is 0 Å². The van der Waals surface area contributed by atoms with Gasteiger partial charge in [0.2, 0.25) is 0 Å². The molecule has 1 aromatic rings. The summed E-state index contributed by atoms with van der Waals surface area (Å²) in [5.41, 5.74) is 0.956. The lowest BCUT2D eigenvalue weighted by molar-refractivity contribution is -0.119. The monoisotopic (exact) mass is 292 g/mol. The maximum Gasteiger partial charge on any atom is 0.405 e. The molecule has 0 aromatic heterocycles. The molecule has 0 saturated carbocycles. The van der Waals surface area contributed by atoms with Crippen molar-refractivity contribution in [2.24, 2.45) is 0 Å². The first-order valence-corrected chi connectivity index (χ1v) is 6.63. The first-order valence-electron chi connectivity index (χ1n) is 6.63. The summed E-state index contributed by atoms with van der Waals surface area (Å²) in [6.07, 6.45) is -4.29. The molecule has 0 heterocycles. The second-order valence-corrected chi connectivity index (χ2v) is 4.61.